The van der Waals surface area contributed by atoms with Crippen LogP contribution >= 0.6 is 11.6 Å². The van der Waals surface area contributed by atoms with Crippen molar-refractivity contribution in [3.8, 4) is 6.07 Å². The number of alkyl halides is 4. The van der Waals surface area contributed by atoms with Gasteiger partial charge in [-0.25, -0.2) is 0 Å². The van der Waals surface area contributed by atoms with Crippen LogP contribution < -0.4 is 0 Å². The summed E-state index contributed by atoms with van der Waals surface area (Å²) >= 11 is 5.14. The number of hydrogen-bond acceptors (Lipinski definition) is 2. The lowest BCUT2D eigenvalue weighted by Gasteiger charge is -2.06. The van der Waals surface area contributed by atoms with Crippen LogP contribution in [0.15, 0.2) is 0 Å². The van der Waals surface area contributed by atoms with E-state index in [-0.39, 0.29) is 0 Å². The maximum Gasteiger partial charge on any atom is 0.411 e. The van der Waals surface area contributed by atoms with Crippen molar-refractivity contribution in [2.24, 2.45) is 0 Å². The van der Waals surface area contributed by atoms with Gasteiger partial charge < -0.3 is 4.74 Å². The average molecular weight is 188 g/mol. The third-order valence-electron chi connectivity index (χ3n) is 0.670. The lowest BCUT2D eigenvalue weighted by molar-refractivity contribution is -0.173. The Labute approximate surface area is 66.5 Å². The van der Waals surface area contributed by atoms with Gasteiger partial charge in [-0.05, 0) is 0 Å². The molecule has 0 saturated carbocycles. The molecule has 6 heteroatoms. The smallest absolute Gasteiger partial charge is 0.369 e. The molecule has 0 rings (SSSR count). The summed E-state index contributed by atoms with van der Waals surface area (Å²) < 4.78 is 38.1. The summed E-state index contributed by atoms with van der Waals surface area (Å²) in [4.78, 5) is 0. The minimum Gasteiger partial charge on any atom is -0.369 e. The fraction of sp³-hybridized carbons (Fsp3) is 0.800. The highest BCUT2D eigenvalue weighted by Crippen LogP contribution is 2.14. The lowest BCUT2D eigenvalue weighted by atomic mass is 10.5. The van der Waals surface area contributed by atoms with Crippen LogP contribution in [0.1, 0.15) is 0 Å². The topological polar surface area (TPSA) is 33.0 Å². The van der Waals surface area contributed by atoms with E-state index in [1.165, 1.54) is 6.07 Å². The zero-order chi connectivity index (χ0) is 8.91. The molecule has 1 unspecified atom stereocenters. The molecule has 0 spiro atoms. The van der Waals surface area contributed by atoms with Gasteiger partial charge >= 0.3 is 6.18 Å². The summed E-state index contributed by atoms with van der Waals surface area (Å²) in [6, 6.07) is 1.52. The summed E-state index contributed by atoms with van der Waals surface area (Å²) in [5.41, 5.74) is 0. The molecule has 0 bridgehead atoms. The Bertz CT molecular complexity index is 153. The third-order valence-corrected chi connectivity index (χ3v) is 0.894. The minimum absolute atomic E-state index is 0.405. The highest BCUT2D eigenvalue weighted by Gasteiger charge is 2.27. The van der Waals surface area contributed by atoms with E-state index in [0.717, 1.165) is 0 Å². The first-order chi connectivity index (χ1) is 4.95. The van der Waals surface area contributed by atoms with E-state index in [0.29, 0.717) is 0 Å². The van der Waals surface area contributed by atoms with Crippen LogP contribution in [0.5, 0.6) is 0 Å². The van der Waals surface area contributed by atoms with E-state index < -0.39 is 24.8 Å². The highest BCUT2D eigenvalue weighted by atomic mass is 35.5. The van der Waals surface area contributed by atoms with Crippen molar-refractivity contribution >= 4 is 11.6 Å². The molecule has 0 amide bonds. The molecule has 0 radical (unpaired) electrons. The van der Waals surface area contributed by atoms with Crippen molar-refractivity contribution in [2.75, 3.05) is 13.2 Å². The Morgan fingerprint density at radius 1 is 1.55 bits per heavy atom. The molecule has 0 fully saturated rings. The first kappa shape index (κ1) is 10.5. The molecule has 0 aliphatic carbocycles. The third kappa shape index (κ3) is 7.43. The number of nitriles is 1. The first-order valence-electron chi connectivity index (χ1n) is 2.64. The largest absolute Gasteiger partial charge is 0.411 e. The number of ether oxygens (including phenoxy) is 1. The first-order valence-corrected chi connectivity index (χ1v) is 3.07. The van der Waals surface area contributed by atoms with Gasteiger partial charge in [-0.2, -0.15) is 18.4 Å². The van der Waals surface area contributed by atoms with Gasteiger partial charge in [0, 0.05) is 0 Å². The molecule has 2 nitrogen and oxygen atoms in total. The lowest BCUT2D eigenvalue weighted by Crippen LogP contribution is -2.19. The molecule has 0 aliphatic heterocycles. The van der Waals surface area contributed by atoms with Crippen molar-refractivity contribution in [2.45, 2.75) is 11.6 Å². The van der Waals surface area contributed by atoms with Crippen LogP contribution in [-0.2, 0) is 4.74 Å². The second-order valence-electron chi connectivity index (χ2n) is 1.73. The van der Waals surface area contributed by atoms with Gasteiger partial charge in [-0.15, -0.1) is 11.6 Å². The molecular weight excluding hydrogens is 183 g/mol. The molecule has 11 heavy (non-hydrogen) atoms. The van der Waals surface area contributed by atoms with Gasteiger partial charge in [-0.1, -0.05) is 0 Å². The molecule has 0 heterocycles. The van der Waals surface area contributed by atoms with Crippen molar-refractivity contribution in [3.05, 3.63) is 0 Å². The quantitative estimate of drug-likeness (QED) is 0.630. The van der Waals surface area contributed by atoms with Gasteiger partial charge in [0.05, 0.1) is 12.7 Å². The molecule has 0 aromatic carbocycles. The molecule has 0 saturated heterocycles. The summed E-state index contributed by atoms with van der Waals surface area (Å²) in [6.45, 7) is -1.77. The molecule has 64 valence electrons. The van der Waals surface area contributed by atoms with Crippen LogP contribution in [-0.4, -0.2) is 24.8 Å². The Morgan fingerprint density at radius 3 is 2.45 bits per heavy atom. The zero-order valence-electron chi connectivity index (χ0n) is 5.36. The molecule has 1 atom stereocenters. The standard InChI is InChI=1S/C5H5ClF3NO/c6-4(1-10)2-11-3-5(7,8)9/h4H,2-3H2. The number of rotatable bonds is 3. The molecule has 0 aromatic heterocycles. The molecule has 0 aromatic rings. The number of nitrogens with zero attached hydrogens (tertiary/aromatic N) is 1. The summed E-state index contributed by atoms with van der Waals surface area (Å²) in [5.74, 6) is 0. The summed E-state index contributed by atoms with van der Waals surface area (Å²) in [5, 5.41) is 7.00. The van der Waals surface area contributed by atoms with E-state index in [1.807, 2.05) is 0 Å². The fourth-order valence-corrected chi connectivity index (χ4v) is 0.404. The molecule has 0 N–H and O–H groups in total. The van der Waals surface area contributed by atoms with Gasteiger partial charge in [0.1, 0.15) is 12.0 Å². The highest BCUT2D eigenvalue weighted by molar-refractivity contribution is 6.22. The Morgan fingerprint density at radius 2 is 2.09 bits per heavy atom. The van der Waals surface area contributed by atoms with Gasteiger partial charge in [0.25, 0.3) is 0 Å². The van der Waals surface area contributed by atoms with Crippen LogP contribution in [0.4, 0.5) is 13.2 Å². The summed E-state index contributed by atoms with van der Waals surface area (Å²) in [6.07, 6.45) is -4.36. The molecular formula is C5H5ClF3NO. The average Bonchev–Trinajstić information content (AvgIpc) is 1.85. The van der Waals surface area contributed by atoms with Crippen LogP contribution in [0.25, 0.3) is 0 Å². The van der Waals surface area contributed by atoms with Gasteiger partial charge in [-0.3, -0.25) is 0 Å². The van der Waals surface area contributed by atoms with E-state index >= 15 is 0 Å². The van der Waals surface area contributed by atoms with Crippen LogP contribution in [0.3, 0.4) is 0 Å². The summed E-state index contributed by atoms with van der Waals surface area (Å²) in [7, 11) is 0. The van der Waals surface area contributed by atoms with Crippen molar-refractivity contribution in [3.63, 3.8) is 0 Å². The Kier molecular flexibility index (Phi) is 4.23. The number of halogens is 4. The maximum absolute atomic E-state index is 11.4. The van der Waals surface area contributed by atoms with E-state index in [2.05, 4.69) is 4.74 Å². The maximum atomic E-state index is 11.4. The zero-order valence-corrected chi connectivity index (χ0v) is 6.11. The normalized spacial score (nSPS) is 14.1. The predicted octanol–water partition coefficient (Wildman–Crippen LogP) is 1.70. The second kappa shape index (κ2) is 4.42. The Hall–Kier alpha value is -0.470. The van der Waals surface area contributed by atoms with Crippen LogP contribution in [0.2, 0.25) is 0 Å². The fourth-order valence-electron chi connectivity index (χ4n) is 0.315. The van der Waals surface area contributed by atoms with E-state index in [9.17, 15) is 13.2 Å². The van der Waals surface area contributed by atoms with Gasteiger partial charge in [0.2, 0.25) is 0 Å². The van der Waals surface area contributed by atoms with Crippen molar-refractivity contribution < 1.29 is 17.9 Å². The Balaban J connectivity index is 3.37. The predicted molar refractivity (Wildman–Crippen MR) is 32.1 cm³/mol. The minimum atomic E-state index is -4.36. The van der Waals surface area contributed by atoms with Crippen LogP contribution in [0, 0.1) is 11.3 Å². The van der Waals surface area contributed by atoms with Crippen molar-refractivity contribution in [1.82, 2.24) is 0 Å². The van der Waals surface area contributed by atoms with E-state index in [1.54, 1.807) is 0 Å². The van der Waals surface area contributed by atoms with E-state index in [4.69, 9.17) is 16.9 Å². The number of hydrogen-bond donors (Lipinski definition) is 0. The van der Waals surface area contributed by atoms with Gasteiger partial charge in [0.15, 0.2) is 0 Å². The SMILES string of the molecule is N#CC(Cl)COCC(F)(F)F. The molecule has 0 aliphatic rings. The van der Waals surface area contributed by atoms with Crippen molar-refractivity contribution in [1.29, 1.82) is 5.26 Å². The monoisotopic (exact) mass is 187 g/mol. The second-order valence-corrected chi connectivity index (χ2v) is 2.25.